The van der Waals surface area contributed by atoms with Crippen molar-refractivity contribution in [3.8, 4) is 11.5 Å². The maximum atomic E-state index is 13.4. The van der Waals surface area contributed by atoms with E-state index >= 15 is 0 Å². The van der Waals surface area contributed by atoms with Gasteiger partial charge >= 0.3 is 29.6 Å². The minimum atomic E-state index is -4.63. The fourth-order valence-corrected chi connectivity index (χ4v) is 4.88. The molecule has 0 unspecified atom stereocenters. The largest absolute Gasteiger partial charge is 1.00 e. The van der Waals surface area contributed by atoms with Gasteiger partial charge in [0.2, 0.25) is 0 Å². The third-order valence-electron chi connectivity index (χ3n) is 5.33. The van der Waals surface area contributed by atoms with Crippen molar-refractivity contribution in [2.75, 3.05) is 12.4 Å². The molecule has 4 aromatic rings. The molecule has 0 saturated heterocycles. The standard InChI is InChI=1S/C25H19Cl2N3O6S.Na/c1-13-9-19(22(27)21(10-13)37(33,34)35)29-30-23-16-6-4-3-5-14(16)11-17(24(23)31)25(32)28-18-8-7-15(26)12-20(18)36-2;/h3-12,31H,1-2H3,(H,28,32)(H,33,34,35);/q;+1/p-1. The van der Waals surface area contributed by atoms with E-state index in [0.717, 1.165) is 0 Å². The number of rotatable bonds is 6. The summed E-state index contributed by atoms with van der Waals surface area (Å²) in [4.78, 5) is 12.6. The average Bonchev–Trinajstić information content (AvgIpc) is 2.85. The Kier molecular flexibility index (Phi) is 9.43. The van der Waals surface area contributed by atoms with Gasteiger partial charge in [-0.3, -0.25) is 9.35 Å². The molecule has 0 bridgehead atoms. The summed E-state index contributed by atoms with van der Waals surface area (Å²) >= 11 is 12.1. The fourth-order valence-electron chi connectivity index (χ4n) is 3.62. The summed E-state index contributed by atoms with van der Waals surface area (Å²) < 4.78 is 38.1. The fraction of sp³-hybridized carbons (Fsp3) is 0.0800. The Morgan fingerprint density at radius 3 is 2.45 bits per heavy atom. The zero-order valence-corrected chi connectivity index (χ0v) is 24.6. The number of carbonyl (C=O) groups excluding carboxylic acids is 1. The van der Waals surface area contributed by atoms with Crippen molar-refractivity contribution in [1.29, 1.82) is 0 Å². The number of azo groups is 1. The normalized spacial score (nSPS) is 11.4. The Labute approximate surface area is 250 Å². The molecule has 0 aliphatic carbocycles. The number of halogens is 2. The van der Waals surface area contributed by atoms with Gasteiger partial charge < -0.3 is 15.2 Å². The van der Waals surface area contributed by atoms with Gasteiger partial charge in [-0.1, -0.05) is 53.2 Å². The van der Waals surface area contributed by atoms with Gasteiger partial charge in [-0.05, 0) is 48.2 Å². The van der Waals surface area contributed by atoms with Crippen LogP contribution in [0.4, 0.5) is 17.1 Å². The minimum absolute atomic E-state index is 0. The van der Waals surface area contributed by atoms with Gasteiger partial charge in [-0.2, -0.15) is 13.5 Å². The van der Waals surface area contributed by atoms with Crippen LogP contribution in [-0.2, 0) is 10.1 Å². The number of fused-ring (bicyclic) bond motifs is 1. The molecular weight excluding hydrogens is 564 g/mol. The van der Waals surface area contributed by atoms with Crippen LogP contribution in [0.25, 0.3) is 10.8 Å². The molecule has 4 rings (SSSR count). The van der Waals surface area contributed by atoms with Crippen LogP contribution in [0, 0.1) is 6.92 Å². The molecule has 9 nitrogen and oxygen atoms in total. The van der Waals surface area contributed by atoms with Gasteiger partial charge in [0.15, 0.2) is 0 Å². The van der Waals surface area contributed by atoms with Gasteiger partial charge in [0.05, 0.1) is 23.5 Å². The van der Waals surface area contributed by atoms with Gasteiger partial charge in [-0.15, -0.1) is 5.11 Å². The van der Waals surface area contributed by atoms with E-state index in [2.05, 4.69) is 15.5 Å². The van der Waals surface area contributed by atoms with Crippen LogP contribution in [0.5, 0.6) is 11.5 Å². The molecule has 1 amide bonds. The van der Waals surface area contributed by atoms with E-state index in [1.54, 1.807) is 37.3 Å². The Balaban J connectivity index is 0.00000400. The summed E-state index contributed by atoms with van der Waals surface area (Å²) in [7, 11) is -3.21. The molecule has 2 N–H and O–H groups in total. The Bertz CT molecular complexity index is 1700. The van der Waals surface area contributed by atoms with Crippen molar-refractivity contribution in [2.24, 2.45) is 10.2 Å². The van der Waals surface area contributed by atoms with E-state index in [1.165, 1.54) is 37.4 Å². The van der Waals surface area contributed by atoms with E-state index in [-0.39, 0.29) is 51.5 Å². The molecule has 0 spiro atoms. The summed E-state index contributed by atoms with van der Waals surface area (Å²) in [5, 5.41) is 25.1. The van der Waals surface area contributed by atoms with Crippen LogP contribution >= 0.6 is 23.2 Å². The zero-order valence-electron chi connectivity index (χ0n) is 20.3. The van der Waals surface area contributed by atoms with E-state index < -0.39 is 26.7 Å². The van der Waals surface area contributed by atoms with Crippen molar-refractivity contribution >= 4 is 67.1 Å². The molecule has 0 heterocycles. The Hall–Kier alpha value is -2.70. The third-order valence-corrected chi connectivity index (χ3v) is 6.95. The van der Waals surface area contributed by atoms with E-state index in [1.807, 2.05) is 0 Å². The number of hydrogen-bond donors (Lipinski definition) is 2. The number of nitrogens with zero attached hydrogens (tertiary/aromatic N) is 2. The minimum Gasteiger partial charge on any atom is -0.870 e. The van der Waals surface area contributed by atoms with E-state index in [0.29, 0.717) is 32.8 Å². The summed E-state index contributed by atoms with van der Waals surface area (Å²) in [6, 6.07) is 15.4. The first kappa shape index (κ1) is 29.9. The number of carbonyl (C=O) groups is 1. The smallest absolute Gasteiger partial charge is 0.870 e. The Morgan fingerprint density at radius 2 is 1.76 bits per heavy atom. The molecule has 190 valence electrons. The van der Waals surface area contributed by atoms with Crippen LogP contribution < -0.4 is 44.7 Å². The molecule has 0 aromatic heterocycles. The summed E-state index contributed by atoms with van der Waals surface area (Å²) in [5.41, 5.74) is 0.287. The number of hydrogen-bond acceptors (Lipinski definition) is 7. The van der Waals surface area contributed by atoms with Gasteiger partial charge in [-0.25, -0.2) is 0 Å². The molecule has 0 fully saturated rings. The zero-order chi connectivity index (χ0) is 26.9. The second-order valence-corrected chi connectivity index (χ2v) is 10.1. The van der Waals surface area contributed by atoms with Crippen molar-refractivity contribution in [3.05, 3.63) is 81.8 Å². The quantitative estimate of drug-likeness (QED) is 0.203. The van der Waals surface area contributed by atoms with Crippen LogP contribution in [0.2, 0.25) is 10.0 Å². The number of ether oxygens (including phenoxy) is 1. The summed E-state index contributed by atoms with van der Waals surface area (Å²) in [6.07, 6.45) is 0. The number of methoxy groups -OCH3 is 1. The third kappa shape index (κ3) is 6.29. The molecule has 0 saturated carbocycles. The van der Waals surface area contributed by atoms with Crippen LogP contribution in [0.3, 0.4) is 0 Å². The topological polar surface area (TPSA) is 140 Å². The number of anilines is 1. The first-order valence-electron chi connectivity index (χ1n) is 10.6. The molecule has 0 aliphatic heterocycles. The molecule has 38 heavy (non-hydrogen) atoms. The molecular formula is C25H18Cl2N3NaO6S. The predicted molar refractivity (Wildman–Crippen MR) is 140 cm³/mol. The molecule has 13 heteroatoms. The first-order chi connectivity index (χ1) is 17.5. The van der Waals surface area contributed by atoms with Crippen molar-refractivity contribution in [3.63, 3.8) is 0 Å². The van der Waals surface area contributed by atoms with Crippen molar-refractivity contribution in [1.82, 2.24) is 0 Å². The summed E-state index contributed by atoms with van der Waals surface area (Å²) in [5.74, 6) is -1.13. The number of nitrogens with one attached hydrogen (secondary N) is 1. The average molecular weight is 582 g/mol. The molecule has 0 aliphatic rings. The number of benzene rings is 4. The Morgan fingerprint density at radius 1 is 1.05 bits per heavy atom. The van der Waals surface area contributed by atoms with Gasteiger partial charge in [0.25, 0.3) is 16.0 Å². The second-order valence-electron chi connectivity index (χ2n) is 7.89. The number of amides is 1. The predicted octanol–water partition coefficient (Wildman–Crippen LogP) is 3.46. The van der Waals surface area contributed by atoms with Crippen molar-refractivity contribution < 1.29 is 57.2 Å². The monoisotopic (exact) mass is 581 g/mol. The van der Waals surface area contributed by atoms with E-state index in [9.17, 15) is 22.9 Å². The van der Waals surface area contributed by atoms with Crippen LogP contribution in [0.1, 0.15) is 15.9 Å². The van der Waals surface area contributed by atoms with Gasteiger partial charge in [0, 0.05) is 22.0 Å². The van der Waals surface area contributed by atoms with Crippen LogP contribution in [-0.4, -0.2) is 26.0 Å². The van der Waals surface area contributed by atoms with Crippen LogP contribution in [0.15, 0.2) is 75.8 Å². The SMILES string of the molecule is COc1cc(Cl)ccc1NC(=O)c1cc2ccccc2c(N=Nc2cc(C)cc(S(=O)(=O)O)c2Cl)c1[O-].[Na+]. The molecule has 4 aromatic carbocycles. The molecule has 0 atom stereocenters. The van der Waals surface area contributed by atoms with Crippen molar-refractivity contribution in [2.45, 2.75) is 11.8 Å². The summed E-state index contributed by atoms with van der Waals surface area (Å²) in [6.45, 7) is 1.58. The maximum absolute atomic E-state index is 13.4. The molecule has 0 radical (unpaired) electrons. The maximum Gasteiger partial charge on any atom is 1.00 e. The second kappa shape index (κ2) is 12.0. The first-order valence-corrected chi connectivity index (χ1v) is 12.8. The van der Waals surface area contributed by atoms with E-state index in [4.69, 9.17) is 27.9 Å². The van der Waals surface area contributed by atoms with Gasteiger partial charge in [0.1, 0.15) is 16.3 Å². The number of aryl methyl sites for hydroxylation is 1.